The Morgan fingerprint density at radius 2 is 2.06 bits per heavy atom. The Labute approximate surface area is 190 Å². The van der Waals surface area contributed by atoms with Crippen molar-refractivity contribution in [3.8, 4) is 11.3 Å². The number of aryl methyl sites for hydroxylation is 1. The number of carbonyl (C=O) groups is 1. The fourth-order valence-electron chi connectivity index (χ4n) is 4.98. The molecule has 8 nitrogen and oxygen atoms in total. The smallest absolute Gasteiger partial charge is 0.228 e. The summed E-state index contributed by atoms with van der Waals surface area (Å²) in [6.07, 6.45) is 9.50. The minimum Gasteiger partial charge on any atom is -0.298 e. The van der Waals surface area contributed by atoms with Gasteiger partial charge in [-0.25, -0.2) is 4.98 Å². The fraction of sp³-hybridized carbons (Fsp3) is 0.320. The number of hydrogen-bond donors (Lipinski definition) is 0. The van der Waals surface area contributed by atoms with E-state index in [4.69, 9.17) is 20.1 Å². The molecule has 0 aromatic carbocycles. The van der Waals surface area contributed by atoms with Gasteiger partial charge in [0.25, 0.3) is 0 Å². The minimum absolute atomic E-state index is 0.0443. The number of carbonyl (C=O) groups excluding carboxylic acids is 1. The van der Waals surface area contributed by atoms with E-state index in [-0.39, 0.29) is 5.91 Å². The average molecular weight is 438 g/mol. The maximum absolute atomic E-state index is 13.1. The first-order valence-corrected chi connectivity index (χ1v) is 11.5. The van der Waals surface area contributed by atoms with Gasteiger partial charge in [0.1, 0.15) is 5.65 Å². The molecule has 1 fully saturated rings. The zero-order valence-electron chi connectivity index (χ0n) is 18.4. The van der Waals surface area contributed by atoms with E-state index in [2.05, 4.69) is 12.3 Å². The van der Waals surface area contributed by atoms with Gasteiger partial charge in [-0.1, -0.05) is 6.07 Å². The van der Waals surface area contributed by atoms with Crippen molar-refractivity contribution in [2.24, 2.45) is 4.99 Å². The summed E-state index contributed by atoms with van der Waals surface area (Å²) < 4.78 is 4.03. The second-order valence-electron chi connectivity index (χ2n) is 9.12. The zero-order valence-corrected chi connectivity index (χ0v) is 18.4. The highest BCUT2D eigenvalue weighted by molar-refractivity contribution is 6.16. The van der Waals surface area contributed by atoms with Gasteiger partial charge in [-0.3, -0.25) is 28.8 Å². The molecule has 0 radical (unpaired) electrons. The van der Waals surface area contributed by atoms with E-state index in [1.807, 2.05) is 46.7 Å². The molecule has 4 aromatic rings. The van der Waals surface area contributed by atoms with Gasteiger partial charge in [-0.15, -0.1) is 0 Å². The molecule has 1 saturated carbocycles. The molecule has 4 bridgehead atoms. The maximum Gasteiger partial charge on any atom is 0.228 e. The molecule has 33 heavy (non-hydrogen) atoms. The highest BCUT2D eigenvalue weighted by atomic mass is 16.2. The van der Waals surface area contributed by atoms with Crippen LogP contribution in [-0.2, 0) is 17.9 Å². The van der Waals surface area contributed by atoms with Crippen LogP contribution >= 0.6 is 0 Å². The Hall–Kier alpha value is -3.81. The second kappa shape index (κ2) is 6.84. The summed E-state index contributed by atoms with van der Waals surface area (Å²) in [6.45, 7) is 1.29. The summed E-state index contributed by atoms with van der Waals surface area (Å²) in [6, 6.07) is 8.06. The Bertz CT molecular complexity index is 1470. The molecular weight excluding hydrogens is 414 g/mol. The van der Waals surface area contributed by atoms with Gasteiger partial charge in [-0.05, 0) is 37.5 Å². The molecule has 1 amide bonds. The van der Waals surface area contributed by atoms with E-state index in [1.54, 1.807) is 4.90 Å². The quantitative estimate of drug-likeness (QED) is 0.456. The number of rotatable bonds is 1. The lowest BCUT2D eigenvalue weighted by molar-refractivity contribution is -0.118. The number of aromatic nitrogens is 5. The van der Waals surface area contributed by atoms with Gasteiger partial charge < -0.3 is 0 Å². The standard InChI is InChI=1S/C25H23N7O/c1-30-21(33)6-4-9-31-14-18(22(29-31)15-7-8-15)23-17-11-16(12-26-19(17)13-27-23)24-25(30)28-20-5-2-3-10-32(20)24/h2-3,5,10-12,14-15H,4,6-9,13H2,1H3. The van der Waals surface area contributed by atoms with E-state index in [0.29, 0.717) is 31.2 Å². The van der Waals surface area contributed by atoms with E-state index in [9.17, 15) is 4.79 Å². The van der Waals surface area contributed by atoms with Crippen LogP contribution in [0.4, 0.5) is 5.82 Å². The molecule has 0 spiro atoms. The molecule has 4 aromatic heterocycles. The van der Waals surface area contributed by atoms with Crippen LogP contribution in [0.5, 0.6) is 0 Å². The van der Waals surface area contributed by atoms with Gasteiger partial charge >= 0.3 is 0 Å². The minimum atomic E-state index is 0.0443. The molecule has 2 aliphatic heterocycles. The number of nitrogens with zero attached hydrogens (tertiary/aromatic N) is 7. The number of anilines is 1. The number of fused-ring (bicyclic) bond motifs is 8. The maximum atomic E-state index is 13.1. The lowest BCUT2D eigenvalue weighted by Gasteiger charge is -2.17. The van der Waals surface area contributed by atoms with Gasteiger partial charge in [0.15, 0.2) is 5.82 Å². The van der Waals surface area contributed by atoms with Gasteiger partial charge in [0.2, 0.25) is 5.91 Å². The molecule has 1 aliphatic carbocycles. The summed E-state index contributed by atoms with van der Waals surface area (Å²) in [5.41, 5.74) is 7.88. The molecule has 0 saturated heterocycles. The molecule has 3 aliphatic rings. The topological polar surface area (TPSA) is 80.7 Å². The first-order valence-electron chi connectivity index (χ1n) is 11.5. The molecule has 6 heterocycles. The van der Waals surface area contributed by atoms with E-state index in [1.165, 1.54) is 12.8 Å². The lowest BCUT2D eigenvalue weighted by atomic mass is 9.99. The Balaban J connectivity index is 1.48. The highest BCUT2D eigenvalue weighted by Gasteiger charge is 2.33. The van der Waals surface area contributed by atoms with Crippen LogP contribution in [0, 0.1) is 0 Å². The molecule has 0 unspecified atom stereocenters. The van der Waals surface area contributed by atoms with Crippen LogP contribution in [0.2, 0.25) is 0 Å². The van der Waals surface area contributed by atoms with Crippen molar-refractivity contribution >= 4 is 23.1 Å². The third kappa shape index (κ3) is 2.86. The SMILES string of the molecule is CN1C(=O)CCCn2cc(c(C3CC3)n2)C2=NCc3ncc(cc32)-c2c1nc1ccccn21. The number of pyridine rings is 2. The normalized spacial score (nSPS) is 17.8. The zero-order chi connectivity index (χ0) is 22.1. The first-order chi connectivity index (χ1) is 16.2. The van der Waals surface area contributed by atoms with Crippen LogP contribution in [-0.4, -0.2) is 42.8 Å². The van der Waals surface area contributed by atoms with Crippen molar-refractivity contribution < 1.29 is 4.79 Å². The predicted octanol–water partition coefficient (Wildman–Crippen LogP) is 3.58. The summed E-state index contributed by atoms with van der Waals surface area (Å²) in [5, 5.41) is 4.91. The van der Waals surface area contributed by atoms with Crippen LogP contribution in [0.1, 0.15) is 54.1 Å². The third-order valence-corrected chi connectivity index (χ3v) is 6.88. The Kier molecular flexibility index (Phi) is 3.88. The van der Waals surface area contributed by atoms with E-state index < -0.39 is 0 Å². The molecule has 7 rings (SSSR count). The van der Waals surface area contributed by atoms with Crippen LogP contribution in [0.15, 0.2) is 47.8 Å². The van der Waals surface area contributed by atoms with Crippen molar-refractivity contribution in [2.75, 3.05) is 11.9 Å². The van der Waals surface area contributed by atoms with Crippen molar-refractivity contribution in [3.05, 3.63) is 65.4 Å². The lowest BCUT2D eigenvalue weighted by Crippen LogP contribution is -2.27. The summed E-state index contributed by atoms with van der Waals surface area (Å²) in [5.74, 6) is 1.21. The summed E-state index contributed by atoms with van der Waals surface area (Å²) in [4.78, 5) is 29.3. The molecule has 0 N–H and O–H groups in total. The van der Waals surface area contributed by atoms with E-state index >= 15 is 0 Å². The van der Waals surface area contributed by atoms with Crippen molar-refractivity contribution in [2.45, 2.75) is 44.7 Å². The Morgan fingerprint density at radius 1 is 1.15 bits per heavy atom. The number of aliphatic imine (C=N–C) groups is 1. The average Bonchev–Trinajstić information content (AvgIpc) is 3.28. The number of imidazole rings is 1. The van der Waals surface area contributed by atoms with Crippen LogP contribution in [0.25, 0.3) is 16.9 Å². The fourth-order valence-corrected chi connectivity index (χ4v) is 4.98. The van der Waals surface area contributed by atoms with Crippen LogP contribution in [0.3, 0.4) is 0 Å². The molecular formula is C25H23N7O. The van der Waals surface area contributed by atoms with Crippen molar-refractivity contribution in [1.29, 1.82) is 0 Å². The van der Waals surface area contributed by atoms with E-state index in [0.717, 1.165) is 51.6 Å². The molecule has 8 heteroatoms. The number of hydrogen-bond acceptors (Lipinski definition) is 5. The largest absolute Gasteiger partial charge is 0.298 e. The summed E-state index contributed by atoms with van der Waals surface area (Å²) >= 11 is 0. The summed E-state index contributed by atoms with van der Waals surface area (Å²) in [7, 11) is 1.81. The van der Waals surface area contributed by atoms with Gasteiger partial charge in [0.05, 0.1) is 29.3 Å². The van der Waals surface area contributed by atoms with Gasteiger partial charge in [-0.2, -0.15) is 5.10 Å². The molecule has 0 atom stereocenters. The monoisotopic (exact) mass is 437 g/mol. The van der Waals surface area contributed by atoms with Crippen molar-refractivity contribution in [3.63, 3.8) is 0 Å². The Morgan fingerprint density at radius 3 is 2.94 bits per heavy atom. The predicted molar refractivity (Wildman–Crippen MR) is 125 cm³/mol. The number of amides is 1. The molecule has 164 valence electrons. The second-order valence-corrected chi connectivity index (χ2v) is 9.12. The van der Waals surface area contributed by atoms with Crippen LogP contribution < -0.4 is 4.90 Å². The third-order valence-electron chi connectivity index (χ3n) is 6.88. The van der Waals surface area contributed by atoms with Gasteiger partial charge in [0, 0.05) is 61.2 Å². The highest BCUT2D eigenvalue weighted by Crippen LogP contribution is 2.42. The first kappa shape index (κ1) is 18.7. The van der Waals surface area contributed by atoms with Crippen molar-refractivity contribution in [1.82, 2.24) is 24.1 Å².